The van der Waals surface area contributed by atoms with Crippen molar-refractivity contribution in [3.8, 4) is 0 Å². The Hall–Kier alpha value is -0.770. The minimum absolute atomic E-state index is 0.0910. The van der Waals surface area contributed by atoms with Crippen molar-refractivity contribution >= 4 is 23.5 Å². The smallest absolute Gasteiger partial charge is 0.348 e. The first-order valence-electron chi connectivity index (χ1n) is 2.92. The molecule has 0 saturated heterocycles. The lowest BCUT2D eigenvalue weighted by Gasteiger charge is -2.10. The van der Waals surface area contributed by atoms with E-state index < -0.39 is 18.0 Å². The van der Waals surface area contributed by atoms with Gasteiger partial charge in [-0.15, -0.1) is 11.6 Å². The first-order chi connectivity index (χ1) is 5.11. The maximum Gasteiger partial charge on any atom is 0.348 e. The van der Waals surface area contributed by atoms with Gasteiger partial charge >= 0.3 is 11.9 Å². The molecule has 0 amide bonds. The molecule has 0 rings (SSSR count). The van der Waals surface area contributed by atoms with E-state index in [0.29, 0.717) is 0 Å². The number of carbonyl (C=O) groups excluding carboxylic acids is 2. The summed E-state index contributed by atoms with van der Waals surface area (Å²) < 4.78 is 8.81. The average Bonchev–Trinajstić information content (AvgIpc) is 1.98. The maximum atomic E-state index is 10.7. The second kappa shape index (κ2) is 4.96. The summed E-state index contributed by atoms with van der Waals surface area (Å²) in [5.74, 6) is -1.29. The second-order valence-electron chi connectivity index (χ2n) is 1.78. The van der Waals surface area contributed by atoms with Gasteiger partial charge in [-0.25, -0.2) is 4.79 Å². The van der Waals surface area contributed by atoms with Gasteiger partial charge in [0.25, 0.3) is 0 Å². The molecule has 0 radical (unpaired) electrons. The van der Waals surface area contributed by atoms with Crippen LogP contribution < -0.4 is 0 Å². The lowest BCUT2D eigenvalue weighted by molar-refractivity contribution is -0.162. The first kappa shape index (κ1) is 10.2. The van der Waals surface area contributed by atoms with Crippen LogP contribution in [0.4, 0.5) is 0 Å². The number of hydrogen-bond acceptors (Lipinski definition) is 4. The molecule has 1 atom stereocenters. The van der Waals surface area contributed by atoms with E-state index in [1.165, 1.54) is 14.0 Å². The Morgan fingerprint density at radius 1 is 1.55 bits per heavy atom. The predicted molar refractivity (Wildman–Crippen MR) is 38.3 cm³/mol. The number of alkyl halides is 1. The van der Waals surface area contributed by atoms with Crippen LogP contribution in [0.3, 0.4) is 0 Å². The zero-order valence-electron chi connectivity index (χ0n) is 6.30. The number of carbonyl (C=O) groups is 2. The molecule has 0 bridgehead atoms. The van der Waals surface area contributed by atoms with Gasteiger partial charge in [-0.1, -0.05) is 0 Å². The molecule has 0 heterocycles. The molecule has 11 heavy (non-hydrogen) atoms. The van der Waals surface area contributed by atoms with Gasteiger partial charge in [0, 0.05) is 6.92 Å². The molecule has 0 N–H and O–H groups in total. The zero-order valence-corrected chi connectivity index (χ0v) is 7.05. The number of halogens is 1. The zero-order chi connectivity index (χ0) is 8.85. The van der Waals surface area contributed by atoms with Crippen LogP contribution in [0.2, 0.25) is 0 Å². The van der Waals surface area contributed by atoms with E-state index >= 15 is 0 Å². The van der Waals surface area contributed by atoms with Crippen LogP contribution in [0.5, 0.6) is 0 Å². The van der Waals surface area contributed by atoms with E-state index in [2.05, 4.69) is 9.47 Å². The van der Waals surface area contributed by atoms with Gasteiger partial charge < -0.3 is 9.47 Å². The maximum absolute atomic E-state index is 10.7. The molecular formula is C6H9ClO4. The fourth-order valence-electron chi connectivity index (χ4n) is 0.474. The van der Waals surface area contributed by atoms with E-state index in [1.54, 1.807) is 0 Å². The highest BCUT2D eigenvalue weighted by molar-refractivity contribution is 6.19. The van der Waals surface area contributed by atoms with Crippen molar-refractivity contribution in [1.29, 1.82) is 0 Å². The van der Waals surface area contributed by atoms with Gasteiger partial charge in [0.15, 0.2) is 0 Å². The Labute approximate surface area is 69.4 Å². The standard InChI is InChI=1S/C6H9ClO4/c1-4(8)11-5(3-7)6(9)10-2/h5H,3H2,1-2H3. The van der Waals surface area contributed by atoms with E-state index in [1.807, 2.05) is 0 Å². The first-order valence-corrected chi connectivity index (χ1v) is 3.46. The van der Waals surface area contributed by atoms with Crippen LogP contribution >= 0.6 is 11.6 Å². The average molecular weight is 181 g/mol. The van der Waals surface area contributed by atoms with E-state index in [9.17, 15) is 9.59 Å². The van der Waals surface area contributed by atoms with Crippen LogP contribution in [-0.2, 0) is 19.1 Å². The number of hydrogen-bond donors (Lipinski definition) is 0. The fourth-order valence-corrected chi connectivity index (χ4v) is 0.663. The van der Waals surface area contributed by atoms with Crippen molar-refractivity contribution in [3.05, 3.63) is 0 Å². The number of rotatable bonds is 3. The van der Waals surface area contributed by atoms with Crippen LogP contribution in [0, 0.1) is 0 Å². The number of ether oxygens (including phenoxy) is 2. The summed E-state index contributed by atoms with van der Waals surface area (Å²) in [7, 11) is 1.20. The molecule has 64 valence electrons. The third kappa shape index (κ3) is 3.83. The Kier molecular flexibility index (Phi) is 4.61. The highest BCUT2D eigenvalue weighted by Gasteiger charge is 2.20. The van der Waals surface area contributed by atoms with Crippen molar-refractivity contribution in [3.63, 3.8) is 0 Å². The SMILES string of the molecule is COC(=O)C(CCl)OC(C)=O. The summed E-state index contributed by atoms with van der Waals surface area (Å²) in [5.41, 5.74) is 0. The molecule has 1 unspecified atom stereocenters. The summed E-state index contributed by atoms with van der Waals surface area (Å²) >= 11 is 5.31. The van der Waals surface area contributed by atoms with E-state index in [-0.39, 0.29) is 5.88 Å². The highest BCUT2D eigenvalue weighted by Crippen LogP contribution is 1.98. The van der Waals surface area contributed by atoms with Crippen LogP contribution in [0.1, 0.15) is 6.92 Å². The van der Waals surface area contributed by atoms with Gasteiger partial charge in [0.1, 0.15) is 0 Å². The van der Waals surface area contributed by atoms with E-state index in [4.69, 9.17) is 11.6 Å². The molecular weight excluding hydrogens is 172 g/mol. The summed E-state index contributed by atoms with van der Waals surface area (Å²) in [6, 6.07) is 0. The molecule has 0 aromatic heterocycles. The van der Waals surface area contributed by atoms with Crippen molar-refractivity contribution in [2.24, 2.45) is 0 Å². The third-order valence-electron chi connectivity index (χ3n) is 0.912. The van der Waals surface area contributed by atoms with Gasteiger partial charge in [-0.2, -0.15) is 0 Å². The van der Waals surface area contributed by atoms with Gasteiger partial charge in [0.2, 0.25) is 6.10 Å². The lowest BCUT2D eigenvalue weighted by Crippen LogP contribution is -2.29. The topological polar surface area (TPSA) is 52.6 Å². The van der Waals surface area contributed by atoms with Gasteiger partial charge in [-0.05, 0) is 0 Å². The largest absolute Gasteiger partial charge is 0.466 e. The Morgan fingerprint density at radius 3 is 2.36 bits per heavy atom. The highest BCUT2D eigenvalue weighted by atomic mass is 35.5. The van der Waals surface area contributed by atoms with Crippen molar-refractivity contribution in [2.45, 2.75) is 13.0 Å². The van der Waals surface area contributed by atoms with Gasteiger partial charge in [-0.3, -0.25) is 4.79 Å². The molecule has 0 aliphatic carbocycles. The normalized spacial score (nSPS) is 11.9. The van der Waals surface area contributed by atoms with Crippen LogP contribution in [-0.4, -0.2) is 31.0 Å². The molecule has 0 aromatic carbocycles. The summed E-state index contributed by atoms with van der Waals surface area (Å²) in [6.45, 7) is 1.20. The monoisotopic (exact) mass is 180 g/mol. The summed E-state index contributed by atoms with van der Waals surface area (Å²) in [6.07, 6.45) is -0.987. The minimum atomic E-state index is -0.987. The third-order valence-corrected chi connectivity index (χ3v) is 1.19. The predicted octanol–water partition coefficient (Wildman–Crippen LogP) is 0.330. The lowest BCUT2D eigenvalue weighted by atomic mass is 10.4. The summed E-state index contributed by atoms with van der Waals surface area (Å²) in [4.78, 5) is 21.0. The quantitative estimate of drug-likeness (QED) is 0.464. The molecule has 5 heteroatoms. The Morgan fingerprint density at radius 2 is 2.09 bits per heavy atom. The van der Waals surface area contributed by atoms with E-state index in [0.717, 1.165) is 0 Å². The van der Waals surface area contributed by atoms with Crippen molar-refractivity contribution in [2.75, 3.05) is 13.0 Å². The molecule has 0 fully saturated rings. The Balaban J connectivity index is 3.94. The van der Waals surface area contributed by atoms with Crippen molar-refractivity contribution < 1.29 is 19.1 Å². The Bertz CT molecular complexity index is 157. The molecule has 0 spiro atoms. The molecule has 4 nitrogen and oxygen atoms in total. The van der Waals surface area contributed by atoms with Gasteiger partial charge in [0.05, 0.1) is 13.0 Å². The molecule has 0 saturated carbocycles. The molecule has 0 aromatic rings. The van der Waals surface area contributed by atoms with Crippen molar-refractivity contribution in [1.82, 2.24) is 0 Å². The fraction of sp³-hybridized carbons (Fsp3) is 0.667. The minimum Gasteiger partial charge on any atom is -0.466 e. The molecule has 0 aliphatic heterocycles. The number of esters is 2. The van der Waals surface area contributed by atoms with Crippen LogP contribution in [0.15, 0.2) is 0 Å². The van der Waals surface area contributed by atoms with Crippen LogP contribution in [0.25, 0.3) is 0 Å². The molecule has 0 aliphatic rings. The second-order valence-corrected chi connectivity index (χ2v) is 2.08. The summed E-state index contributed by atoms with van der Waals surface area (Å²) in [5, 5.41) is 0. The number of methoxy groups -OCH3 is 1.